The van der Waals surface area contributed by atoms with E-state index in [1.807, 2.05) is 0 Å². The van der Waals surface area contributed by atoms with Crippen molar-refractivity contribution in [2.45, 2.75) is 57.7 Å². The van der Waals surface area contributed by atoms with Gasteiger partial charge in [-0.2, -0.15) is 0 Å². The predicted molar refractivity (Wildman–Crippen MR) is 53.8 cm³/mol. The van der Waals surface area contributed by atoms with Crippen molar-refractivity contribution >= 4 is 0 Å². The van der Waals surface area contributed by atoms with Crippen molar-refractivity contribution < 1.29 is 4.74 Å². The molecule has 0 saturated heterocycles. The van der Waals surface area contributed by atoms with Crippen LogP contribution in [0.25, 0.3) is 0 Å². The first-order chi connectivity index (χ1) is 6.29. The van der Waals surface area contributed by atoms with Crippen LogP contribution in [0.5, 0.6) is 0 Å². The zero-order chi connectivity index (χ0) is 9.26. The predicted octanol–water partition coefficient (Wildman–Crippen LogP) is 1.94. The summed E-state index contributed by atoms with van der Waals surface area (Å²) in [5.74, 6) is 0.978. The lowest BCUT2D eigenvalue weighted by molar-refractivity contribution is -0.0124. The second-order valence-corrected chi connectivity index (χ2v) is 4.54. The van der Waals surface area contributed by atoms with Crippen molar-refractivity contribution in [1.82, 2.24) is 5.32 Å². The van der Waals surface area contributed by atoms with Crippen LogP contribution in [0.2, 0.25) is 0 Å². The minimum Gasteiger partial charge on any atom is -0.378 e. The summed E-state index contributed by atoms with van der Waals surface area (Å²) >= 11 is 0. The average Bonchev–Trinajstić information content (AvgIpc) is 2.82. The first-order valence-electron chi connectivity index (χ1n) is 5.67. The molecule has 2 heteroatoms. The molecular formula is C11H21NO. The van der Waals surface area contributed by atoms with E-state index in [0.29, 0.717) is 6.10 Å². The molecule has 2 fully saturated rings. The van der Waals surface area contributed by atoms with E-state index >= 15 is 0 Å². The molecule has 2 nitrogen and oxygen atoms in total. The Kier molecular flexibility index (Phi) is 2.89. The molecule has 2 aliphatic rings. The topological polar surface area (TPSA) is 21.3 Å². The number of rotatable bonds is 5. The van der Waals surface area contributed by atoms with Gasteiger partial charge in [-0.05, 0) is 45.4 Å². The maximum absolute atomic E-state index is 5.53. The van der Waals surface area contributed by atoms with Gasteiger partial charge >= 0.3 is 0 Å². The highest BCUT2D eigenvalue weighted by Crippen LogP contribution is 2.34. The fraction of sp³-hybridized carbons (Fsp3) is 1.00. The van der Waals surface area contributed by atoms with E-state index in [4.69, 9.17) is 4.74 Å². The number of hydrogen-bond acceptors (Lipinski definition) is 2. The summed E-state index contributed by atoms with van der Waals surface area (Å²) in [6.07, 6.45) is 5.88. The Morgan fingerprint density at radius 3 is 2.62 bits per heavy atom. The SMILES string of the molecule is CCOC1CC(NC(C)C2CC2)C1. The minimum absolute atomic E-state index is 0.550. The molecule has 2 aliphatic carbocycles. The highest BCUT2D eigenvalue weighted by molar-refractivity contribution is 4.91. The molecule has 0 aromatic carbocycles. The zero-order valence-corrected chi connectivity index (χ0v) is 8.75. The molecule has 0 bridgehead atoms. The van der Waals surface area contributed by atoms with Gasteiger partial charge in [0.1, 0.15) is 0 Å². The van der Waals surface area contributed by atoms with Gasteiger partial charge in [0.2, 0.25) is 0 Å². The monoisotopic (exact) mass is 183 g/mol. The first-order valence-corrected chi connectivity index (χ1v) is 5.67. The van der Waals surface area contributed by atoms with E-state index in [0.717, 1.165) is 24.6 Å². The average molecular weight is 183 g/mol. The minimum atomic E-state index is 0.550. The van der Waals surface area contributed by atoms with Crippen molar-refractivity contribution in [1.29, 1.82) is 0 Å². The van der Waals surface area contributed by atoms with Gasteiger partial charge in [0, 0.05) is 18.7 Å². The molecule has 2 saturated carbocycles. The maximum Gasteiger partial charge on any atom is 0.0604 e. The van der Waals surface area contributed by atoms with Crippen molar-refractivity contribution in [2.75, 3.05) is 6.61 Å². The van der Waals surface area contributed by atoms with E-state index in [1.54, 1.807) is 0 Å². The van der Waals surface area contributed by atoms with Gasteiger partial charge in [0.15, 0.2) is 0 Å². The Morgan fingerprint density at radius 2 is 2.08 bits per heavy atom. The largest absolute Gasteiger partial charge is 0.378 e. The molecule has 2 rings (SSSR count). The molecule has 1 atom stereocenters. The van der Waals surface area contributed by atoms with Gasteiger partial charge in [-0.1, -0.05) is 0 Å². The summed E-state index contributed by atoms with van der Waals surface area (Å²) in [5.41, 5.74) is 0. The second kappa shape index (κ2) is 3.97. The van der Waals surface area contributed by atoms with Crippen LogP contribution in [0.1, 0.15) is 39.5 Å². The van der Waals surface area contributed by atoms with Crippen molar-refractivity contribution in [3.8, 4) is 0 Å². The summed E-state index contributed by atoms with van der Waals surface area (Å²) in [5, 5.41) is 3.69. The lowest BCUT2D eigenvalue weighted by Crippen LogP contribution is -2.49. The van der Waals surface area contributed by atoms with Crippen LogP contribution in [0.15, 0.2) is 0 Å². The van der Waals surface area contributed by atoms with E-state index in [-0.39, 0.29) is 0 Å². The normalized spacial score (nSPS) is 35.5. The molecule has 0 radical (unpaired) electrons. The zero-order valence-electron chi connectivity index (χ0n) is 8.75. The summed E-state index contributed by atoms with van der Waals surface area (Å²) in [7, 11) is 0. The molecular weight excluding hydrogens is 162 g/mol. The van der Waals surface area contributed by atoms with Crippen LogP contribution in [0.3, 0.4) is 0 Å². The van der Waals surface area contributed by atoms with Gasteiger partial charge < -0.3 is 10.1 Å². The van der Waals surface area contributed by atoms with Gasteiger partial charge in [0.05, 0.1) is 6.10 Å². The summed E-state index contributed by atoms with van der Waals surface area (Å²) < 4.78 is 5.53. The van der Waals surface area contributed by atoms with Crippen molar-refractivity contribution in [2.24, 2.45) is 5.92 Å². The van der Waals surface area contributed by atoms with Crippen molar-refractivity contribution in [3.05, 3.63) is 0 Å². The lowest BCUT2D eigenvalue weighted by Gasteiger charge is -2.37. The second-order valence-electron chi connectivity index (χ2n) is 4.54. The number of hydrogen-bond donors (Lipinski definition) is 1. The van der Waals surface area contributed by atoms with E-state index in [1.165, 1.54) is 25.7 Å². The molecule has 0 amide bonds. The Hall–Kier alpha value is -0.0800. The fourth-order valence-electron chi connectivity index (χ4n) is 2.18. The Morgan fingerprint density at radius 1 is 1.38 bits per heavy atom. The van der Waals surface area contributed by atoms with Crippen LogP contribution >= 0.6 is 0 Å². The van der Waals surface area contributed by atoms with Gasteiger partial charge in [-0.25, -0.2) is 0 Å². The fourth-order valence-corrected chi connectivity index (χ4v) is 2.18. The quantitative estimate of drug-likeness (QED) is 0.703. The summed E-state index contributed by atoms with van der Waals surface area (Å²) in [4.78, 5) is 0. The van der Waals surface area contributed by atoms with E-state index in [2.05, 4.69) is 19.2 Å². The Labute approximate surface area is 81.0 Å². The van der Waals surface area contributed by atoms with E-state index in [9.17, 15) is 0 Å². The van der Waals surface area contributed by atoms with Crippen LogP contribution in [-0.4, -0.2) is 24.8 Å². The smallest absolute Gasteiger partial charge is 0.0604 e. The molecule has 0 heterocycles. The van der Waals surface area contributed by atoms with E-state index < -0.39 is 0 Å². The third-order valence-corrected chi connectivity index (χ3v) is 3.32. The molecule has 0 spiro atoms. The van der Waals surface area contributed by atoms with Gasteiger partial charge in [0.25, 0.3) is 0 Å². The number of nitrogens with one attached hydrogen (secondary N) is 1. The first kappa shape index (κ1) is 9.47. The molecule has 13 heavy (non-hydrogen) atoms. The molecule has 0 aliphatic heterocycles. The van der Waals surface area contributed by atoms with Gasteiger partial charge in [-0.3, -0.25) is 0 Å². The molecule has 76 valence electrons. The van der Waals surface area contributed by atoms with Crippen LogP contribution in [-0.2, 0) is 4.74 Å². The van der Waals surface area contributed by atoms with Crippen LogP contribution < -0.4 is 5.32 Å². The Balaban J connectivity index is 1.58. The van der Waals surface area contributed by atoms with Crippen LogP contribution in [0, 0.1) is 5.92 Å². The molecule has 0 aromatic heterocycles. The number of ether oxygens (including phenoxy) is 1. The molecule has 1 N–H and O–H groups in total. The standard InChI is InChI=1S/C11H21NO/c1-3-13-11-6-10(7-11)12-8(2)9-4-5-9/h8-12H,3-7H2,1-2H3. The van der Waals surface area contributed by atoms with Gasteiger partial charge in [-0.15, -0.1) is 0 Å². The molecule has 1 unspecified atom stereocenters. The summed E-state index contributed by atoms with van der Waals surface area (Å²) in [6.45, 7) is 5.27. The molecule has 0 aromatic rings. The summed E-state index contributed by atoms with van der Waals surface area (Å²) in [6, 6.07) is 1.49. The van der Waals surface area contributed by atoms with Crippen LogP contribution in [0.4, 0.5) is 0 Å². The Bertz CT molecular complexity index is 161. The third-order valence-electron chi connectivity index (χ3n) is 3.32. The van der Waals surface area contributed by atoms with Crippen molar-refractivity contribution in [3.63, 3.8) is 0 Å². The highest BCUT2D eigenvalue weighted by Gasteiger charge is 2.34. The lowest BCUT2D eigenvalue weighted by atomic mass is 9.88. The maximum atomic E-state index is 5.53. The third kappa shape index (κ3) is 2.44. The highest BCUT2D eigenvalue weighted by atomic mass is 16.5.